The van der Waals surface area contributed by atoms with Gasteiger partial charge in [-0.05, 0) is 99.7 Å². The molecular weight excluding hydrogens is 545 g/mol. The lowest BCUT2D eigenvalue weighted by molar-refractivity contribution is 0.590. The molecule has 0 atom stereocenters. The third-order valence-electron chi connectivity index (χ3n) is 10.5. The molecule has 0 bridgehead atoms. The van der Waals surface area contributed by atoms with E-state index in [9.17, 15) is 0 Å². The summed E-state index contributed by atoms with van der Waals surface area (Å²) in [5.41, 5.74) is 18.1. The van der Waals surface area contributed by atoms with E-state index in [2.05, 4.69) is 149 Å². The van der Waals surface area contributed by atoms with E-state index < -0.39 is 0 Å². The molecule has 0 amide bonds. The molecule has 2 aromatic heterocycles. The fraction of sp³-hybridized carbons (Fsp3) is 0.244. The zero-order valence-corrected chi connectivity index (χ0v) is 27.5. The highest BCUT2D eigenvalue weighted by Crippen LogP contribution is 2.41. The van der Waals surface area contributed by atoms with Crippen molar-refractivity contribution in [2.24, 2.45) is 0 Å². The average Bonchev–Trinajstić information content (AvgIpc) is 3.53. The molecule has 220 valence electrons. The summed E-state index contributed by atoms with van der Waals surface area (Å²) in [7, 11) is 0. The molecule has 3 nitrogen and oxygen atoms in total. The topological polar surface area (TPSA) is 22.8 Å². The average molecular weight is 584 g/mol. The largest absolute Gasteiger partial charge is 0.310 e. The Morgan fingerprint density at radius 1 is 0.600 bits per heavy atom. The van der Waals surface area contributed by atoms with E-state index in [1.54, 1.807) is 0 Å². The van der Waals surface area contributed by atoms with E-state index in [-0.39, 0.29) is 17.5 Å². The van der Waals surface area contributed by atoms with E-state index in [4.69, 9.17) is 4.98 Å². The van der Waals surface area contributed by atoms with Crippen LogP contribution in [0.1, 0.15) is 63.8 Å². The monoisotopic (exact) mass is 583 g/mol. The van der Waals surface area contributed by atoms with Gasteiger partial charge in [0.05, 0.1) is 16.6 Å². The van der Waals surface area contributed by atoms with E-state index >= 15 is 0 Å². The Morgan fingerprint density at radius 3 is 1.96 bits per heavy atom. The quantitative estimate of drug-likeness (QED) is 0.179. The molecule has 0 aliphatic carbocycles. The third-order valence-corrected chi connectivity index (χ3v) is 10.5. The molecule has 0 radical (unpaired) electrons. The minimum Gasteiger partial charge on any atom is -0.310 e. The van der Waals surface area contributed by atoms with Crippen LogP contribution in [0.2, 0.25) is 0 Å². The number of benzene rings is 5. The van der Waals surface area contributed by atoms with Crippen molar-refractivity contribution in [3.8, 4) is 22.8 Å². The molecule has 0 saturated carbocycles. The lowest BCUT2D eigenvalue weighted by atomic mass is 9.34. The maximum atomic E-state index is 5.38. The van der Waals surface area contributed by atoms with E-state index in [0.29, 0.717) is 0 Å². The van der Waals surface area contributed by atoms with Crippen molar-refractivity contribution in [1.29, 1.82) is 0 Å². The van der Waals surface area contributed by atoms with Gasteiger partial charge in [0, 0.05) is 33.2 Å². The molecule has 0 N–H and O–H groups in total. The molecular formula is C41H38BN3. The lowest BCUT2D eigenvalue weighted by Crippen LogP contribution is -2.59. The Morgan fingerprint density at radius 2 is 1.24 bits per heavy atom. The molecule has 9 rings (SSSR count). The fourth-order valence-corrected chi connectivity index (χ4v) is 8.21. The molecule has 2 aliphatic heterocycles. The predicted octanol–water partition coefficient (Wildman–Crippen LogP) is 8.14. The van der Waals surface area contributed by atoms with Gasteiger partial charge in [-0.3, -0.25) is 4.57 Å². The summed E-state index contributed by atoms with van der Waals surface area (Å²) >= 11 is 0. The molecule has 7 aromatic rings. The van der Waals surface area contributed by atoms with E-state index in [0.717, 1.165) is 11.3 Å². The lowest BCUT2D eigenvalue weighted by Gasteiger charge is -2.34. The number of imidazole rings is 1. The van der Waals surface area contributed by atoms with Gasteiger partial charge in [0.1, 0.15) is 5.82 Å². The summed E-state index contributed by atoms with van der Waals surface area (Å²) < 4.78 is 5.03. The molecule has 2 aliphatic rings. The smallest absolute Gasteiger partial charge is 0.252 e. The number of aromatic nitrogens is 3. The Bertz CT molecular complexity index is 2400. The van der Waals surface area contributed by atoms with E-state index in [1.165, 1.54) is 82.9 Å². The molecule has 45 heavy (non-hydrogen) atoms. The summed E-state index contributed by atoms with van der Waals surface area (Å²) in [5.74, 6) is 1.03. The van der Waals surface area contributed by atoms with Gasteiger partial charge < -0.3 is 4.57 Å². The fourth-order valence-electron chi connectivity index (χ4n) is 8.21. The van der Waals surface area contributed by atoms with Crippen molar-refractivity contribution in [2.75, 3.05) is 0 Å². The standard InChI is InChI=1S/C41H38BN3/c1-23-12-9-13-24(2)35(23)39-43-31-15-10-14-29-38(31)45(39)34-17-11-16-33-36(34)42(29)30-22-26(41(6,7)8)21-28-27-20-25(40(3,4)5)18-19-32(27)44(33)37(28)30/h9-22H,1-8H3. The highest BCUT2D eigenvalue weighted by molar-refractivity contribution is 7.00. The third kappa shape index (κ3) is 3.46. The molecule has 0 spiro atoms. The van der Waals surface area contributed by atoms with Crippen molar-refractivity contribution in [3.63, 3.8) is 0 Å². The summed E-state index contributed by atoms with van der Waals surface area (Å²) in [6.07, 6.45) is 0. The van der Waals surface area contributed by atoms with Gasteiger partial charge in [-0.15, -0.1) is 0 Å². The minimum absolute atomic E-state index is 0.0124. The Labute approximate surface area is 265 Å². The zero-order chi connectivity index (χ0) is 31.2. The Kier molecular flexibility index (Phi) is 5.11. The maximum Gasteiger partial charge on any atom is 0.252 e. The number of nitrogens with zero attached hydrogens (tertiary/aromatic N) is 3. The number of rotatable bonds is 1. The first-order chi connectivity index (χ1) is 21.4. The second kappa shape index (κ2) is 8.57. The van der Waals surface area contributed by atoms with Crippen molar-refractivity contribution in [2.45, 2.75) is 66.2 Å². The van der Waals surface area contributed by atoms with Gasteiger partial charge in [0.2, 0.25) is 0 Å². The van der Waals surface area contributed by atoms with Crippen molar-refractivity contribution in [1.82, 2.24) is 14.1 Å². The van der Waals surface area contributed by atoms with E-state index in [1.807, 2.05) is 0 Å². The number of fused-ring (bicyclic) bond motifs is 7. The number of aryl methyl sites for hydroxylation is 2. The molecule has 0 fully saturated rings. The van der Waals surface area contributed by atoms with Crippen LogP contribution in [0.4, 0.5) is 0 Å². The normalized spacial score (nSPS) is 13.7. The summed E-state index contributed by atoms with van der Waals surface area (Å²) in [6.45, 7) is 18.5. The van der Waals surface area contributed by atoms with Crippen LogP contribution in [-0.2, 0) is 10.8 Å². The maximum absolute atomic E-state index is 5.38. The SMILES string of the molecule is Cc1cccc(C)c1-c1nc2cccc3c2n1-c1cccc2c1B3c1cc(C(C)(C)C)cc3c4cc(C(C)(C)C)ccc4n-2c13. The Hall–Kier alpha value is -4.57. The molecule has 4 heteroatoms. The predicted molar refractivity (Wildman–Crippen MR) is 192 cm³/mol. The van der Waals surface area contributed by atoms with Gasteiger partial charge in [-0.2, -0.15) is 0 Å². The Balaban J connectivity index is 1.48. The molecule has 0 saturated heterocycles. The van der Waals surface area contributed by atoms with Crippen LogP contribution in [0.5, 0.6) is 0 Å². The van der Waals surface area contributed by atoms with Crippen LogP contribution >= 0.6 is 0 Å². The zero-order valence-electron chi connectivity index (χ0n) is 27.5. The van der Waals surface area contributed by atoms with Gasteiger partial charge in [-0.25, -0.2) is 4.98 Å². The van der Waals surface area contributed by atoms with Crippen LogP contribution in [0, 0.1) is 13.8 Å². The van der Waals surface area contributed by atoms with Crippen LogP contribution in [0.3, 0.4) is 0 Å². The second-order valence-electron chi connectivity index (χ2n) is 15.4. The van der Waals surface area contributed by atoms with Crippen molar-refractivity contribution >= 4 is 55.9 Å². The first kappa shape index (κ1) is 26.8. The van der Waals surface area contributed by atoms with Gasteiger partial charge >= 0.3 is 0 Å². The van der Waals surface area contributed by atoms with Crippen LogP contribution < -0.4 is 16.4 Å². The van der Waals surface area contributed by atoms with Crippen LogP contribution in [-0.4, -0.2) is 20.8 Å². The van der Waals surface area contributed by atoms with Gasteiger partial charge in [0.25, 0.3) is 6.71 Å². The van der Waals surface area contributed by atoms with Crippen molar-refractivity contribution < 1.29 is 0 Å². The molecule has 0 unspecified atom stereocenters. The van der Waals surface area contributed by atoms with Gasteiger partial charge in [0.15, 0.2) is 0 Å². The number of para-hydroxylation sites is 1. The summed E-state index contributed by atoms with van der Waals surface area (Å²) in [5, 5.41) is 2.70. The first-order valence-corrected chi connectivity index (χ1v) is 16.3. The van der Waals surface area contributed by atoms with Gasteiger partial charge in [-0.1, -0.05) is 90.1 Å². The summed E-state index contributed by atoms with van der Waals surface area (Å²) in [4.78, 5) is 5.38. The number of hydrogen-bond acceptors (Lipinski definition) is 1. The second-order valence-corrected chi connectivity index (χ2v) is 15.4. The molecule has 4 heterocycles. The number of hydrogen-bond donors (Lipinski definition) is 0. The highest BCUT2D eigenvalue weighted by atomic mass is 15.1. The van der Waals surface area contributed by atoms with Crippen LogP contribution in [0.15, 0.2) is 84.9 Å². The minimum atomic E-state index is 0.0124. The molecule has 5 aromatic carbocycles. The first-order valence-electron chi connectivity index (χ1n) is 16.3. The van der Waals surface area contributed by atoms with Crippen LogP contribution in [0.25, 0.3) is 55.6 Å². The summed E-state index contributed by atoms with van der Waals surface area (Å²) in [6, 6.07) is 32.4. The highest BCUT2D eigenvalue weighted by Gasteiger charge is 2.41. The van der Waals surface area contributed by atoms with Crippen molar-refractivity contribution in [3.05, 3.63) is 107 Å².